The zero-order valence-electron chi connectivity index (χ0n) is 12.8. The Morgan fingerprint density at radius 2 is 2.00 bits per heavy atom. The van der Waals surface area contributed by atoms with E-state index in [1.807, 2.05) is 27.8 Å². The number of amides is 1. The van der Waals surface area contributed by atoms with Crippen LogP contribution in [0.15, 0.2) is 5.16 Å². The fourth-order valence-corrected chi connectivity index (χ4v) is 2.13. The zero-order valence-corrected chi connectivity index (χ0v) is 12.8. The van der Waals surface area contributed by atoms with Crippen molar-refractivity contribution in [1.29, 1.82) is 0 Å². The minimum atomic E-state index is -0.778. The first-order valence-corrected chi connectivity index (χ1v) is 6.80. The molecule has 0 aromatic heterocycles. The largest absolute Gasteiger partial charge is 0.409 e. The molecule has 0 aromatic rings. The monoisotopic (exact) mass is 286 g/mol. The molecule has 1 heterocycles. The van der Waals surface area contributed by atoms with Gasteiger partial charge >= 0.3 is 0 Å². The molecule has 4 N–H and O–H groups in total. The van der Waals surface area contributed by atoms with E-state index in [0.29, 0.717) is 12.8 Å². The van der Waals surface area contributed by atoms with E-state index in [1.165, 1.54) is 0 Å². The van der Waals surface area contributed by atoms with Gasteiger partial charge in [0.2, 0.25) is 5.91 Å². The van der Waals surface area contributed by atoms with Gasteiger partial charge in [-0.2, -0.15) is 0 Å². The number of nitrogens with one attached hydrogen (secondary N) is 1. The van der Waals surface area contributed by atoms with Crippen molar-refractivity contribution in [3.63, 3.8) is 0 Å². The Labute approximate surface area is 120 Å². The lowest BCUT2D eigenvalue weighted by atomic mass is 9.86. The third-order valence-corrected chi connectivity index (χ3v) is 3.45. The lowest BCUT2D eigenvalue weighted by molar-refractivity contribution is -0.132. The number of nitrogens with zero attached hydrogens (tertiary/aromatic N) is 2. The predicted octanol–water partition coefficient (Wildman–Crippen LogP) is 0.129. The van der Waals surface area contributed by atoms with E-state index in [1.54, 1.807) is 0 Å². The van der Waals surface area contributed by atoms with Gasteiger partial charge in [-0.15, -0.1) is 0 Å². The van der Waals surface area contributed by atoms with Crippen LogP contribution < -0.4 is 11.1 Å². The van der Waals surface area contributed by atoms with Crippen LogP contribution in [0, 0.1) is 0 Å². The van der Waals surface area contributed by atoms with Crippen LogP contribution in [0.25, 0.3) is 0 Å². The third kappa shape index (κ3) is 4.64. The van der Waals surface area contributed by atoms with Crippen molar-refractivity contribution in [1.82, 2.24) is 10.2 Å². The smallest absolute Gasteiger partial charge is 0.246 e. The minimum absolute atomic E-state index is 0.0419. The number of rotatable bonds is 4. The Morgan fingerprint density at radius 3 is 2.45 bits per heavy atom. The molecule has 7 heteroatoms. The van der Waals surface area contributed by atoms with Crippen LogP contribution in [0.3, 0.4) is 0 Å². The summed E-state index contributed by atoms with van der Waals surface area (Å²) >= 11 is 0. The molecule has 7 nitrogen and oxygen atoms in total. The van der Waals surface area contributed by atoms with Gasteiger partial charge in [0.1, 0.15) is 12.1 Å². The van der Waals surface area contributed by atoms with Crippen LogP contribution >= 0.6 is 0 Å². The maximum absolute atomic E-state index is 12.0. The normalized spacial score (nSPS) is 20.7. The predicted molar refractivity (Wildman–Crippen MR) is 76.7 cm³/mol. The fourth-order valence-electron chi connectivity index (χ4n) is 2.13. The van der Waals surface area contributed by atoms with E-state index >= 15 is 0 Å². The Hall–Kier alpha value is -1.34. The van der Waals surface area contributed by atoms with E-state index < -0.39 is 5.54 Å². The number of hydrogen-bond donors (Lipinski definition) is 3. The molecule has 1 aliphatic heterocycles. The van der Waals surface area contributed by atoms with Crippen LogP contribution in [0.1, 0.15) is 33.6 Å². The maximum atomic E-state index is 12.0. The molecule has 1 amide bonds. The molecule has 0 radical (unpaired) electrons. The molecule has 0 aromatic carbocycles. The highest BCUT2D eigenvalue weighted by Crippen LogP contribution is 2.22. The van der Waals surface area contributed by atoms with Crippen LogP contribution in [0.5, 0.6) is 0 Å². The fraction of sp³-hybridized carbons (Fsp3) is 0.846. The summed E-state index contributed by atoms with van der Waals surface area (Å²) in [6.45, 7) is 7.16. The maximum Gasteiger partial charge on any atom is 0.246 e. The number of carbonyl (C=O) groups excluding carboxylic acids is 1. The zero-order chi connectivity index (χ0) is 15.4. The Balaban J connectivity index is 2.69. The molecule has 0 spiro atoms. The van der Waals surface area contributed by atoms with Gasteiger partial charge in [-0.05, 0) is 40.7 Å². The quantitative estimate of drug-likeness (QED) is 0.295. The molecule has 1 saturated heterocycles. The summed E-state index contributed by atoms with van der Waals surface area (Å²) in [5.74, 6) is -0.203. The number of ether oxygens (including phenoxy) is 1. The number of piperidine rings is 1. The number of nitrogens with two attached hydrogens (primary N) is 1. The third-order valence-electron chi connectivity index (χ3n) is 3.45. The number of likely N-dealkylation sites (tertiary alicyclic amines) is 1. The molecule has 1 fully saturated rings. The Morgan fingerprint density at radius 1 is 1.45 bits per heavy atom. The van der Waals surface area contributed by atoms with Crippen molar-refractivity contribution < 1.29 is 14.7 Å². The summed E-state index contributed by atoms with van der Waals surface area (Å²) in [6, 6.07) is 0. The van der Waals surface area contributed by atoms with Gasteiger partial charge < -0.3 is 25.9 Å². The van der Waals surface area contributed by atoms with E-state index in [4.69, 9.17) is 15.7 Å². The number of hydrogen-bond acceptors (Lipinski definition) is 5. The lowest BCUT2D eigenvalue weighted by Crippen LogP contribution is -2.62. The first-order chi connectivity index (χ1) is 9.18. The highest BCUT2D eigenvalue weighted by atomic mass is 16.5. The molecule has 0 atom stereocenters. The van der Waals surface area contributed by atoms with Crippen molar-refractivity contribution in [2.24, 2.45) is 10.9 Å². The summed E-state index contributed by atoms with van der Waals surface area (Å²) in [7, 11) is 2.00. The van der Waals surface area contributed by atoms with E-state index in [0.717, 1.165) is 13.1 Å². The first kappa shape index (κ1) is 16.7. The second-order valence-electron chi connectivity index (χ2n) is 6.32. The second-order valence-corrected chi connectivity index (χ2v) is 6.32. The van der Waals surface area contributed by atoms with Crippen LogP contribution in [0.2, 0.25) is 0 Å². The van der Waals surface area contributed by atoms with E-state index in [9.17, 15) is 4.79 Å². The highest BCUT2D eigenvalue weighted by Gasteiger charge is 2.39. The molecule has 0 bridgehead atoms. The van der Waals surface area contributed by atoms with Crippen molar-refractivity contribution in [3.8, 4) is 0 Å². The van der Waals surface area contributed by atoms with Crippen LogP contribution in [0.4, 0.5) is 0 Å². The molecular weight excluding hydrogens is 260 g/mol. The highest BCUT2D eigenvalue weighted by molar-refractivity contribution is 5.94. The van der Waals surface area contributed by atoms with E-state index in [2.05, 4.69) is 15.4 Å². The van der Waals surface area contributed by atoms with Crippen LogP contribution in [-0.2, 0) is 9.53 Å². The van der Waals surface area contributed by atoms with Crippen molar-refractivity contribution in [2.75, 3.05) is 26.7 Å². The minimum Gasteiger partial charge on any atom is -0.409 e. The van der Waals surface area contributed by atoms with Gasteiger partial charge in [0.15, 0.2) is 5.84 Å². The summed E-state index contributed by atoms with van der Waals surface area (Å²) in [5.41, 5.74) is 4.63. The molecular formula is C13H26N4O3. The van der Waals surface area contributed by atoms with Gasteiger partial charge in [0.25, 0.3) is 0 Å². The summed E-state index contributed by atoms with van der Waals surface area (Å²) in [5, 5.41) is 14.9. The summed E-state index contributed by atoms with van der Waals surface area (Å²) < 4.78 is 5.45. The molecule has 1 aliphatic rings. The van der Waals surface area contributed by atoms with Gasteiger partial charge in [-0.3, -0.25) is 4.79 Å². The molecule has 20 heavy (non-hydrogen) atoms. The molecule has 0 saturated carbocycles. The topological polar surface area (TPSA) is 100 Å². The standard InChI is InChI=1S/C13H26N4O3/c1-12(2,3)20-9-10(18)15-13(11(14)16-19)5-7-17(4)8-6-13/h19H,5-9H2,1-4H3,(H2,14,16)(H,15,18). The Bertz CT molecular complexity index is 368. The summed E-state index contributed by atoms with van der Waals surface area (Å²) in [6.07, 6.45) is 1.22. The lowest BCUT2D eigenvalue weighted by Gasteiger charge is -2.40. The van der Waals surface area contributed by atoms with Crippen LogP contribution in [-0.4, -0.2) is 59.7 Å². The van der Waals surface area contributed by atoms with Gasteiger partial charge in [0, 0.05) is 13.1 Å². The average molecular weight is 286 g/mol. The summed E-state index contributed by atoms with van der Waals surface area (Å²) in [4.78, 5) is 14.2. The van der Waals surface area contributed by atoms with Crippen molar-refractivity contribution in [3.05, 3.63) is 0 Å². The van der Waals surface area contributed by atoms with Gasteiger partial charge in [0.05, 0.1) is 5.60 Å². The van der Waals surface area contributed by atoms with Crippen molar-refractivity contribution >= 4 is 11.7 Å². The number of carbonyl (C=O) groups is 1. The Kier molecular flexibility index (Phi) is 5.35. The van der Waals surface area contributed by atoms with Gasteiger partial charge in [-0.1, -0.05) is 5.16 Å². The number of oxime groups is 1. The van der Waals surface area contributed by atoms with Crippen molar-refractivity contribution in [2.45, 2.75) is 44.8 Å². The first-order valence-electron chi connectivity index (χ1n) is 6.80. The average Bonchev–Trinajstić information content (AvgIpc) is 2.37. The molecule has 116 valence electrons. The SMILES string of the molecule is CN1CCC(NC(=O)COC(C)(C)C)(C(N)=NO)CC1. The second kappa shape index (κ2) is 6.41. The number of amidine groups is 1. The molecule has 1 rings (SSSR count). The molecule has 0 unspecified atom stereocenters. The van der Waals surface area contributed by atoms with Gasteiger partial charge in [-0.25, -0.2) is 0 Å². The van der Waals surface area contributed by atoms with E-state index in [-0.39, 0.29) is 24.0 Å². The molecule has 0 aliphatic carbocycles.